The van der Waals surface area contributed by atoms with Gasteiger partial charge in [0.05, 0.1) is 5.92 Å². The maximum absolute atomic E-state index is 12.4. The molecule has 5 nitrogen and oxygen atoms in total. The molecular weight excluding hydrogens is 232 g/mol. The molecule has 0 saturated carbocycles. The van der Waals surface area contributed by atoms with E-state index in [1.54, 1.807) is 0 Å². The van der Waals surface area contributed by atoms with Crippen molar-refractivity contribution in [3.63, 3.8) is 0 Å². The van der Waals surface area contributed by atoms with Gasteiger partial charge in [-0.05, 0) is 38.6 Å². The smallest absolute Gasteiger partial charge is 0.308 e. The van der Waals surface area contributed by atoms with E-state index in [4.69, 9.17) is 10.8 Å². The second-order valence-electron chi connectivity index (χ2n) is 5.56. The van der Waals surface area contributed by atoms with Gasteiger partial charge < -0.3 is 15.7 Å². The number of hydrogen-bond acceptors (Lipinski definition) is 3. The molecule has 2 bridgehead atoms. The fourth-order valence-electron chi connectivity index (χ4n) is 3.40. The highest BCUT2D eigenvalue weighted by atomic mass is 16.4. The summed E-state index contributed by atoms with van der Waals surface area (Å²) in [5, 5.41) is 9.16. The monoisotopic (exact) mass is 254 g/mol. The molecule has 0 aromatic heterocycles. The summed E-state index contributed by atoms with van der Waals surface area (Å²) in [4.78, 5) is 25.4. The second-order valence-corrected chi connectivity index (χ2v) is 5.56. The molecule has 0 spiro atoms. The number of nitrogens with two attached hydrogens (primary N) is 1. The fraction of sp³-hybridized carbons (Fsp3) is 0.846. The number of carbonyl (C=O) groups excluding carboxylic acids is 1. The second kappa shape index (κ2) is 5.26. The number of fused-ring (bicyclic) bond motifs is 2. The Morgan fingerprint density at radius 2 is 2.17 bits per heavy atom. The van der Waals surface area contributed by atoms with E-state index in [-0.39, 0.29) is 29.8 Å². The maximum atomic E-state index is 12.4. The summed E-state index contributed by atoms with van der Waals surface area (Å²) >= 11 is 0. The first-order valence-electron chi connectivity index (χ1n) is 6.81. The Morgan fingerprint density at radius 1 is 1.44 bits per heavy atom. The Hall–Kier alpha value is -1.10. The molecule has 102 valence electrons. The van der Waals surface area contributed by atoms with Crippen LogP contribution in [0.3, 0.4) is 0 Å². The number of amides is 1. The van der Waals surface area contributed by atoms with E-state index in [1.807, 2.05) is 11.8 Å². The minimum atomic E-state index is -0.755. The molecule has 0 radical (unpaired) electrons. The Kier molecular flexibility index (Phi) is 3.90. The zero-order valence-corrected chi connectivity index (χ0v) is 10.8. The lowest BCUT2D eigenvalue weighted by atomic mass is 9.89. The third-order valence-electron chi connectivity index (χ3n) is 4.37. The van der Waals surface area contributed by atoms with Crippen molar-refractivity contribution in [1.29, 1.82) is 0 Å². The molecule has 2 fully saturated rings. The third-order valence-corrected chi connectivity index (χ3v) is 4.37. The molecule has 18 heavy (non-hydrogen) atoms. The first-order chi connectivity index (χ1) is 8.56. The van der Waals surface area contributed by atoms with Gasteiger partial charge in [-0.15, -0.1) is 0 Å². The van der Waals surface area contributed by atoms with Gasteiger partial charge in [0.25, 0.3) is 0 Å². The lowest BCUT2D eigenvalue weighted by molar-refractivity contribution is -0.143. The molecule has 3 N–H and O–H groups in total. The zero-order valence-electron chi connectivity index (χ0n) is 10.8. The van der Waals surface area contributed by atoms with Crippen molar-refractivity contribution in [2.75, 3.05) is 6.54 Å². The van der Waals surface area contributed by atoms with Gasteiger partial charge in [0.15, 0.2) is 0 Å². The van der Waals surface area contributed by atoms with Crippen LogP contribution in [0.5, 0.6) is 0 Å². The van der Waals surface area contributed by atoms with Gasteiger partial charge in [-0.25, -0.2) is 0 Å². The standard InChI is InChI=1S/C13H22N2O3/c1-8(3-2-6-14)12(16)15-9-4-5-11(15)10(7-9)13(17)18/h8-11H,2-7,14H2,1H3,(H,17,18). The lowest BCUT2D eigenvalue weighted by Crippen LogP contribution is -2.40. The molecule has 2 aliphatic rings. The van der Waals surface area contributed by atoms with Gasteiger partial charge in [0, 0.05) is 18.0 Å². The van der Waals surface area contributed by atoms with Gasteiger partial charge in [-0.3, -0.25) is 9.59 Å². The highest BCUT2D eigenvalue weighted by molar-refractivity contribution is 5.82. The van der Waals surface area contributed by atoms with Crippen molar-refractivity contribution in [2.45, 2.75) is 51.1 Å². The van der Waals surface area contributed by atoms with Crippen molar-refractivity contribution in [3.05, 3.63) is 0 Å². The zero-order chi connectivity index (χ0) is 13.3. The normalized spacial score (nSPS) is 31.7. The minimum absolute atomic E-state index is 0.0378. The van der Waals surface area contributed by atoms with Crippen LogP contribution in [0.25, 0.3) is 0 Å². The van der Waals surface area contributed by atoms with E-state index in [0.717, 1.165) is 25.7 Å². The molecule has 0 aromatic rings. The molecule has 2 saturated heterocycles. The Bertz CT molecular complexity index is 345. The quantitative estimate of drug-likeness (QED) is 0.761. The van der Waals surface area contributed by atoms with Crippen LogP contribution < -0.4 is 5.73 Å². The lowest BCUT2D eigenvalue weighted by Gasteiger charge is -2.26. The summed E-state index contributed by atoms with van der Waals surface area (Å²) in [5.74, 6) is -1.02. The van der Waals surface area contributed by atoms with Crippen molar-refractivity contribution < 1.29 is 14.7 Å². The predicted octanol–water partition coefficient (Wildman–Crippen LogP) is 0.825. The van der Waals surface area contributed by atoms with Gasteiger partial charge in [-0.2, -0.15) is 0 Å². The van der Waals surface area contributed by atoms with Crippen LogP contribution in [-0.2, 0) is 9.59 Å². The Labute approximate surface area is 107 Å². The molecule has 4 unspecified atom stereocenters. The largest absolute Gasteiger partial charge is 0.481 e. The first kappa shape index (κ1) is 13.3. The molecule has 4 atom stereocenters. The van der Waals surface area contributed by atoms with E-state index in [1.165, 1.54) is 0 Å². The van der Waals surface area contributed by atoms with Crippen LogP contribution in [-0.4, -0.2) is 40.5 Å². The minimum Gasteiger partial charge on any atom is -0.481 e. The van der Waals surface area contributed by atoms with Gasteiger partial charge in [0.1, 0.15) is 0 Å². The van der Waals surface area contributed by atoms with Gasteiger partial charge in [-0.1, -0.05) is 6.92 Å². The first-order valence-corrected chi connectivity index (χ1v) is 6.81. The highest BCUT2D eigenvalue weighted by Gasteiger charge is 2.51. The van der Waals surface area contributed by atoms with Crippen molar-refractivity contribution >= 4 is 11.9 Å². The number of carbonyl (C=O) groups is 2. The van der Waals surface area contributed by atoms with Crippen LogP contribution in [0.2, 0.25) is 0 Å². The molecule has 1 amide bonds. The number of carboxylic acid groups (broad SMARTS) is 1. The summed E-state index contributed by atoms with van der Waals surface area (Å²) in [5.41, 5.74) is 5.46. The summed E-state index contributed by atoms with van der Waals surface area (Å²) in [6.07, 6.45) is 4.08. The Balaban J connectivity index is 2.01. The molecule has 2 heterocycles. The number of nitrogens with zero attached hydrogens (tertiary/aromatic N) is 1. The summed E-state index contributed by atoms with van der Waals surface area (Å²) in [7, 11) is 0. The topological polar surface area (TPSA) is 83.6 Å². The maximum Gasteiger partial charge on any atom is 0.308 e. The average Bonchev–Trinajstić information content (AvgIpc) is 2.92. The van der Waals surface area contributed by atoms with Crippen LogP contribution in [0.15, 0.2) is 0 Å². The molecule has 5 heteroatoms. The number of aliphatic carboxylic acids is 1. The van der Waals surface area contributed by atoms with Crippen LogP contribution in [0, 0.1) is 11.8 Å². The van der Waals surface area contributed by atoms with Crippen molar-refractivity contribution in [2.24, 2.45) is 17.6 Å². The van der Waals surface area contributed by atoms with Crippen molar-refractivity contribution in [3.8, 4) is 0 Å². The number of rotatable bonds is 5. The van der Waals surface area contributed by atoms with E-state index >= 15 is 0 Å². The van der Waals surface area contributed by atoms with Gasteiger partial charge in [0.2, 0.25) is 5.91 Å². The van der Waals surface area contributed by atoms with E-state index in [0.29, 0.717) is 13.0 Å². The van der Waals surface area contributed by atoms with Crippen LogP contribution in [0.1, 0.15) is 39.0 Å². The number of carboxylic acids is 1. The SMILES string of the molecule is CC(CCCN)C(=O)N1C2CCC1C(C(=O)O)C2. The fourth-order valence-corrected chi connectivity index (χ4v) is 3.40. The molecule has 0 aromatic carbocycles. The molecule has 2 rings (SSSR count). The molecular formula is C13H22N2O3. The van der Waals surface area contributed by atoms with Crippen LogP contribution >= 0.6 is 0 Å². The van der Waals surface area contributed by atoms with E-state index in [2.05, 4.69) is 0 Å². The van der Waals surface area contributed by atoms with Crippen LogP contribution in [0.4, 0.5) is 0 Å². The molecule has 2 aliphatic heterocycles. The summed E-state index contributed by atoms with van der Waals surface area (Å²) in [6, 6.07) is 0.0873. The Morgan fingerprint density at radius 3 is 2.72 bits per heavy atom. The highest BCUT2D eigenvalue weighted by Crippen LogP contribution is 2.42. The average molecular weight is 254 g/mol. The summed E-state index contributed by atoms with van der Waals surface area (Å²) < 4.78 is 0. The summed E-state index contributed by atoms with van der Waals surface area (Å²) in [6.45, 7) is 2.52. The number of hydrogen-bond donors (Lipinski definition) is 2. The van der Waals surface area contributed by atoms with E-state index in [9.17, 15) is 9.59 Å². The molecule has 0 aliphatic carbocycles. The van der Waals surface area contributed by atoms with Crippen molar-refractivity contribution in [1.82, 2.24) is 4.90 Å². The van der Waals surface area contributed by atoms with Gasteiger partial charge >= 0.3 is 5.97 Å². The predicted molar refractivity (Wildman–Crippen MR) is 66.9 cm³/mol. The third kappa shape index (κ3) is 2.23. The van der Waals surface area contributed by atoms with E-state index < -0.39 is 5.97 Å².